The minimum atomic E-state index is -0.340. The highest BCUT2D eigenvalue weighted by molar-refractivity contribution is 6.05. The van der Waals surface area contributed by atoms with Crippen LogP contribution in [0.2, 0.25) is 0 Å². The van der Waals surface area contributed by atoms with Crippen LogP contribution in [0, 0.1) is 27.7 Å². The Morgan fingerprint density at radius 3 is 2.14 bits per heavy atom. The van der Waals surface area contributed by atoms with Crippen LogP contribution in [0.15, 0.2) is 54.7 Å². The van der Waals surface area contributed by atoms with E-state index in [4.69, 9.17) is 0 Å². The molecule has 3 rings (SSSR count). The van der Waals surface area contributed by atoms with Crippen molar-refractivity contribution in [1.82, 2.24) is 10.3 Å². The van der Waals surface area contributed by atoms with Gasteiger partial charge < -0.3 is 10.6 Å². The normalized spacial score (nSPS) is 10.5. The number of carbonyl (C=O) groups excluding carboxylic acids is 2. The summed E-state index contributed by atoms with van der Waals surface area (Å²) in [5.74, 6) is -0.585. The maximum absolute atomic E-state index is 12.7. The summed E-state index contributed by atoms with van der Waals surface area (Å²) in [7, 11) is 0. The van der Waals surface area contributed by atoms with Gasteiger partial charge in [-0.3, -0.25) is 14.6 Å². The van der Waals surface area contributed by atoms with E-state index in [-0.39, 0.29) is 17.5 Å². The second kappa shape index (κ2) is 8.69. The highest BCUT2D eigenvalue weighted by Crippen LogP contribution is 2.22. The highest BCUT2D eigenvalue weighted by atomic mass is 16.2. The Bertz CT molecular complexity index is 1030. The number of pyridine rings is 1. The molecule has 2 N–H and O–H groups in total. The molecule has 148 valence electrons. The molecule has 3 aromatic rings. The lowest BCUT2D eigenvalue weighted by molar-refractivity contribution is 0.0951. The maximum atomic E-state index is 12.7. The third-order valence-electron chi connectivity index (χ3n) is 4.74. The quantitative estimate of drug-likeness (QED) is 0.677. The van der Waals surface area contributed by atoms with Gasteiger partial charge in [0.25, 0.3) is 11.8 Å². The van der Waals surface area contributed by atoms with Crippen molar-refractivity contribution < 1.29 is 9.59 Å². The van der Waals surface area contributed by atoms with Crippen molar-refractivity contribution in [1.29, 1.82) is 0 Å². The third-order valence-corrected chi connectivity index (χ3v) is 4.74. The molecule has 2 aromatic carbocycles. The molecule has 0 saturated heterocycles. The van der Waals surface area contributed by atoms with Crippen LogP contribution in [-0.2, 0) is 6.54 Å². The topological polar surface area (TPSA) is 71.1 Å². The smallest absolute Gasteiger partial charge is 0.274 e. The van der Waals surface area contributed by atoms with Gasteiger partial charge in [-0.2, -0.15) is 0 Å². The fraction of sp³-hybridized carbons (Fsp3) is 0.208. The molecule has 2 amide bonds. The van der Waals surface area contributed by atoms with E-state index in [0.29, 0.717) is 12.1 Å². The van der Waals surface area contributed by atoms with Crippen molar-refractivity contribution in [3.63, 3.8) is 0 Å². The molecule has 0 radical (unpaired) electrons. The number of benzene rings is 2. The maximum Gasteiger partial charge on any atom is 0.274 e. The Hall–Kier alpha value is -3.47. The van der Waals surface area contributed by atoms with Gasteiger partial charge in [-0.1, -0.05) is 47.5 Å². The van der Waals surface area contributed by atoms with Crippen molar-refractivity contribution in [3.05, 3.63) is 93.8 Å². The molecule has 5 heteroatoms. The Balaban J connectivity index is 1.70. The molecule has 0 aliphatic carbocycles. The minimum Gasteiger partial charge on any atom is -0.348 e. The fourth-order valence-electron chi connectivity index (χ4n) is 3.24. The number of carbonyl (C=O) groups is 2. The Labute approximate surface area is 171 Å². The summed E-state index contributed by atoms with van der Waals surface area (Å²) in [6.45, 7) is 8.37. The molecule has 0 saturated carbocycles. The first kappa shape index (κ1) is 20.3. The summed E-state index contributed by atoms with van der Waals surface area (Å²) < 4.78 is 0. The Morgan fingerprint density at radius 1 is 0.828 bits per heavy atom. The highest BCUT2D eigenvalue weighted by Gasteiger charge is 2.14. The van der Waals surface area contributed by atoms with Gasteiger partial charge in [0.05, 0.1) is 0 Å². The van der Waals surface area contributed by atoms with Crippen LogP contribution in [-0.4, -0.2) is 16.8 Å². The molecular weight excluding hydrogens is 362 g/mol. The number of nitrogens with zero attached hydrogens (tertiary/aromatic N) is 1. The second-order valence-corrected chi connectivity index (χ2v) is 7.33. The molecule has 0 atom stereocenters. The number of amides is 2. The molecule has 0 aliphatic heterocycles. The predicted molar refractivity (Wildman–Crippen MR) is 115 cm³/mol. The van der Waals surface area contributed by atoms with Crippen molar-refractivity contribution in [2.24, 2.45) is 0 Å². The summed E-state index contributed by atoms with van der Waals surface area (Å²) in [4.78, 5) is 29.3. The Kier molecular flexibility index (Phi) is 6.07. The molecule has 1 heterocycles. The lowest BCUT2D eigenvalue weighted by atomic mass is 10.0. The summed E-state index contributed by atoms with van der Waals surface area (Å²) in [6, 6.07) is 15.1. The van der Waals surface area contributed by atoms with Gasteiger partial charge in [0, 0.05) is 24.0 Å². The van der Waals surface area contributed by atoms with Gasteiger partial charge in [-0.05, 0) is 56.5 Å². The SMILES string of the molecule is Cc1ccc(CNC(=O)c2ccnc(C(=O)Nc3c(C)cc(C)cc3C)c2)cc1. The van der Waals surface area contributed by atoms with Gasteiger partial charge in [0.15, 0.2) is 0 Å². The number of rotatable bonds is 5. The van der Waals surface area contributed by atoms with Crippen molar-refractivity contribution >= 4 is 17.5 Å². The van der Waals surface area contributed by atoms with Crippen LogP contribution < -0.4 is 10.6 Å². The third kappa shape index (κ3) is 5.08. The van der Waals surface area contributed by atoms with Crippen LogP contribution >= 0.6 is 0 Å². The van der Waals surface area contributed by atoms with E-state index in [1.165, 1.54) is 17.8 Å². The van der Waals surface area contributed by atoms with E-state index in [1.54, 1.807) is 6.07 Å². The van der Waals surface area contributed by atoms with Gasteiger partial charge in [0.1, 0.15) is 5.69 Å². The van der Waals surface area contributed by atoms with Gasteiger partial charge in [0.2, 0.25) is 0 Å². The van der Waals surface area contributed by atoms with Crippen LogP contribution in [0.5, 0.6) is 0 Å². The molecule has 0 fully saturated rings. The summed E-state index contributed by atoms with van der Waals surface area (Å²) in [6.07, 6.45) is 1.48. The summed E-state index contributed by atoms with van der Waals surface area (Å²) in [5.41, 5.74) is 6.68. The van der Waals surface area contributed by atoms with Crippen LogP contribution in [0.1, 0.15) is 48.7 Å². The molecule has 29 heavy (non-hydrogen) atoms. The van der Waals surface area contributed by atoms with Gasteiger partial charge in [-0.25, -0.2) is 0 Å². The lowest BCUT2D eigenvalue weighted by Crippen LogP contribution is -2.24. The summed E-state index contributed by atoms with van der Waals surface area (Å²) in [5, 5.41) is 5.79. The molecule has 0 unspecified atom stereocenters. The number of anilines is 1. The average molecular weight is 387 g/mol. The first-order chi connectivity index (χ1) is 13.8. The van der Waals surface area contributed by atoms with Crippen molar-refractivity contribution in [3.8, 4) is 0 Å². The van der Waals surface area contributed by atoms with E-state index >= 15 is 0 Å². The number of hydrogen-bond acceptors (Lipinski definition) is 3. The predicted octanol–water partition coefficient (Wildman–Crippen LogP) is 4.50. The Morgan fingerprint density at radius 2 is 1.48 bits per heavy atom. The van der Waals surface area contributed by atoms with E-state index in [0.717, 1.165) is 27.9 Å². The van der Waals surface area contributed by atoms with E-state index in [2.05, 4.69) is 15.6 Å². The van der Waals surface area contributed by atoms with E-state index in [9.17, 15) is 9.59 Å². The average Bonchev–Trinajstić information content (AvgIpc) is 2.70. The molecule has 5 nitrogen and oxygen atoms in total. The molecule has 1 aromatic heterocycles. The molecule has 0 spiro atoms. The van der Waals surface area contributed by atoms with Gasteiger partial charge in [-0.15, -0.1) is 0 Å². The fourth-order valence-corrected chi connectivity index (χ4v) is 3.24. The first-order valence-electron chi connectivity index (χ1n) is 9.52. The van der Waals surface area contributed by atoms with Crippen molar-refractivity contribution in [2.45, 2.75) is 34.2 Å². The second-order valence-electron chi connectivity index (χ2n) is 7.33. The number of aromatic nitrogens is 1. The van der Waals surface area contributed by atoms with Gasteiger partial charge >= 0.3 is 0 Å². The molecule has 0 bridgehead atoms. The van der Waals surface area contributed by atoms with Crippen LogP contribution in [0.4, 0.5) is 5.69 Å². The zero-order chi connectivity index (χ0) is 21.0. The summed E-state index contributed by atoms with van der Waals surface area (Å²) >= 11 is 0. The zero-order valence-electron chi connectivity index (χ0n) is 17.2. The monoisotopic (exact) mass is 387 g/mol. The van der Waals surface area contributed by atoms with E-state index in [1.807, 2.05) is 64.1 Å². The van der Waals surface area contributed by atoms with Crippen LogP contribution in [0.3, 0.4) is 0 Å². The number of hydrogen-bond donors (Lipinski definition) is 2. The number of nitrogens with one attached hydrogen (secondary N) is 2. The van der Waals surface area contributed by atoms with Crippen molar-refractivity contribution in [2.75, 3.05) is 5.32 Å². The first-order valence-corrected chi connectivity index (χ1v) is 9.52. The standard InChI is InChI=1S/C24H25N3O2/c1-15-5-7-19(8-6-15)14-26-23(28)20-9-10-25-21(13-20)24(29)27-22-17(3)11-16(2)12-18(22)4/h5-13H,14H2,1-4H3,(H,26,28)(H,27,29). The number of aryl methyl sites for hydroxylation is 4. The molecular formula is C24H25N3O2. The minimum absolute atomic E-state index is 0.201. The largest absolute Gasteiger partial charge is 0.348 e. The van der Waals surface area contributed by atoms with Crippen LogP contribution in [0.25, 0.3) is 0 Å². The van der Waals surface area contributed by atoms with E-state index < -0.39 is 0 Å². The molecule has 0 aliphatic rings. The zero-order valence-corrected chi connectivity index (χ0v) is 17.2. The lowest BCUT2D eigenvalue weighted by Gasteiger charge is -2.13.